The number of hydrogen-bond acceptors (Lipinski definition) is 2. The second-order valence-electron chi connectivity index (χ2n) is 7.09. The van der Waals surface area contributed by atoms with Crippen molar-refractivity contribution in [2.24, 2.45) is 0 Å². The fourth-order valence-corrected chi connectivity index (χ4v) is 3.62. The van der Waals surface area contributed by atoms with Gasteiger partial charge in [-0.15, -0.1) is 0 Å². The topological polar surface area (TPSA) is 36.8 Å². The van der Waals surface area contributed by atoms with E-state index in [0.29, 0.717) is 6.54 Å². The van der Waals surface area contributed by atoms with Gasteiger partial charge in [0.15, 0.2) is 0 Å². The number of benzene rings is 2. The summed E-state index contributed by atoms with van der Waals surface area (Å²) in [6.45, 7) is 2.72. The van der Waals surface area contributed by atoms with E-state index in [2.05, 4.69) is 34.5 Å². The van der Waals surface area contributed by atoms with Gasteiger partial charge >= 0.3 is 0 Å². The number of nitrogens with zero attached hydrogens (tertiary/aromatic N) is 1. The highest BCUT2D eigenvalue weighted by atomic mass is 19.1. The first kappa shape index (κ1) is 18.4. The van der Waals surface area contributed by atoms with E-state index in [1.165, 1.54) is 35.4 Å². The number of amides is 1. The number of likely N-dealkylation sites (tertiary alicyclic amines) is 1. The Morgan fingerprint density at radius 2 is 1.77 bits per heavy atom. The monoisotopic (exact) mass is 356 g/mol. The average Bonchev–Trinajstić information content (AvgIpc) is 3.17. The van der Waals surface area contributed by atoms with Crippen LogP contribution in [-0.4, -0.2) is 39.6 Å². The molecule has 2 aromatic carbocycles. The van der Waals surface area contributed by atoms with Crippen LogP contribution in [0, 0.1) is 5.82 Å². The molecule has 0 radical (unpaired) electrons. The van der Waals surface area contributed by atoms with Crippen molar-refractivity contribution >= 4 is 11.6 Å². The number of rotatable bonds is 6. The summed E-state index contributed by atoms with van der Waals surface area (Å²) in [6, 6.07) is 14.8. The molecule has 0 aliphatic carbocycles. The summed E-state index contributed by atoms with van der Waals surface area (Å²) in [5, 5.41) is 2.94. The predicted molar refractivity (Wildman–Crippen MR) is 102 cm³/mol. The molecule has 138 valence electrons. The summed E-state index contributed by atoms with van der Waals surface area (Å²) in [5.41, 5.74) is 2.46. The Labute approximate surface area is 154 Å². The van der Waals surface area contributed by atoms with E-state index in [4.69, 9.17) is 0 Å². The fourth-order valence-electron chi connectivity index (χ4n) is 3.62. The van der Waals surface area contributed by atoms with Gasteiger partial charge in [-0.2, -0.15) is 0 Å². The fraction of sp³-hybridized carbons (Fsp3) is 0.381. The van der Waals surface area contributed by atoms with Crippen LogP contribution in [0.2, 0.25) is 0 Å². The lowest BCUT2D eigenvalue weighted by Gasteiger charge is -2.26. The molecule has 2 N–H and O–H groups in total. The van der Waals surface area contributed by atoms with Crippen LogP contribution < -0.4 is 15.1 Å². The van der Waals surface area contributed by atoms with Gasteiger partial charge < -0.3 is 15.1 Å². The van der Waals surface area contributed by atoms with E-state index < -0.39 is 5.82 Å². The molecule has 0 spiro atoms. The van der Waals surface area contributed by atoms with Gasteiger partial charge in [0, 0.05) is 38.2 Å². The lowest BCUT2D eigenvalue weighted by Crippen LogP contribution is -3.11. The van der Waals surface area contributed by atoms with E-state index in [-0.39, 0.29) is 17.5 Å². The Kier molecular flexibility index (Phi) is 5.89. The van der Waals surface area contributed by atoms with Crippen molar-refractivity contribution in [3.05, 3.63) is 65.5 Å². The number of carbonyl (C=O) groups excluding carboxylic acids is 1. The van der Waals surface area contributed by atoms with Gasteiger partial charge in [-0.3, -0.25) is 4.79 Å². The third-order valence-electron chi connectivity index (χ3n) is 5.14. The summed E-state index contributed by atoms with van der Waals surface area (Å²) in [7, 11) is 4.04. The van der Waals surface area contributed by atoms with Gasteiger partial charge in [0.1, 0.15) is 11.9 Å². The molecule has 26 heavy (non-hydrogen) atoms. The molecule has 4 nitrogen and oxygen atoms in total. The van der Waals surface area contributed by atoms with Crippen molar-refractivity contribution < 1.29 is 14.1 Å². The number of quaternary nitrogens is 1. The molecule has 0 unspecified atom stereocenters. The largest absolute Gasteiger partial charge is 0.378 e. The summed E-state index contributed by atoms with van der Waals surface area (Å²) < 4.78 is 13.8. The van der Waals surface area contributed by atoms with Crippen molar-refractivity contribution in [3.63, 3.8) is 0 Å². The molecule has 1 amide bonds. The minimum absolute atomic E-state index is 0.102. The van der Waals surface area contributed by atoms with Crippen molar-refractivity contribution in [2.45, 2.75) is 18.9 Å². The normalized spacial score (nSPS) is 15.7. The van der Waals surface area contributed by atoms with Crippen molar-refractivity contribution in [1.82, 2.24) is 5.32 Å². The van der Waals surface area contributed by atoms with Gasteiger partial charge in [0.05, 0.1) is 25.2 Å². The third-order valence-corrected chi connectivity index (χ3v) is 5.14. The lowest BCUT2D eigenvalue weighted by atomic mass is 10.0. The number of anilines is 1. The van der Waals surface area contributed by atoms with Gasteiger partial charge in [-0.25, -0.2) is 4.39 Å². The first-order valence-electron chi connectivity index (χ1n) is 9.21. The number of carbonyl (C=O) groups is 1. The third kappa shape index (κ3) is 4.22. The molecule has 1 atom stereocenters. The second kappa shape index (κ2) is 8.32. The molecular weight excluding hydrogens is 329 g/mol. The summed E-state index contributed by atoms with van der Waals surface area (Å²) in [5.74, 6) is -0.831. The number of hydrogen-bond donors (Lipinski definition) is 2. The van der Waals surface area contributed by atoms with Crippen molar-refractivity contribution in [2.75, 3.05) is 38.6 Å². The van der Waals surface area contributed by atoms with E-state index in [1.807, 2.05) is 14.1 Å². The van der Waals surface area contributed by atoms with Crippen LogP contribution in [-0.2, 0) is 0 Å². The first-order chi connectivity index (χ1) is 12.6. The Morgan fingerprint density at radius 1 is 1.12 bits per heavy atom. The Balaban J connectivity index is 1.74. The SMILES string of the molecule is CN(C)c1ccc([C@@H](CNC(=O)c2ccccc2F)[NH+]2CCCC2)cc1. The van der Waals surface area contributed by atoms with Crippen LogP contribution in [0.4, 0.5) is 10.1 Å². The summed E-state index contributed by atoms with van der Waals surface area (Å²) >= 11 is 0. The lowest BCUT2D eigenvalue weighted by molar-refractivity contribution is -0.918. The highest BCUT2D eigenvalue weighted by Crippen LogP contribution is 2.17. The van der Waals surface area contributed by atoms with E-state index in [1.54, 1.807) is 12.1 Å². The molecule has 0 aromatic heterocycles. The minimum atomic E-state index is -0.481. The van der Waals surface area contributed by atoms with Gasteiger partial charge in [-0.05, 0) is 24.3 Å². The van der Waals surface area contributed by atoms with E-state index in [9.17, 15) is 9.18 Å². The predicted octanol–water partition coefficient (Wildman–Crippen LogP) is 2.04. The zero-order chi connectivity index (χ0) is 18.5. The molecule has 5 heteroatoms. The average molecular weight is 356 g/mol. The van der Waals surface area contributed by atoms with Crippen LogP contribution >= 0.6 is 0 Å². The van der Waals surface area contributed by atoms with E-state index in [0.717, 1.165) is 18.8 Å². The zero-order valence-electron chi connectivity index (χ0n) is 15.5. The Hall–Kier alpha value is -2.40. The molecule has 3 rings (SSSR count). The first-order valence-corrected chi connectivity index (χ1v) is 9.21. The maximum absolute atomic E-state index is 13.8. The van der Waals surface area contributed by atoms with Crippen molar-refractivity contribution in [1.29, 1.82) is 0 Å². The van der Waals surface area contributed by atoms with Crippen LogP contribution in [0.15, 0.2) is 48.5 Å². The maximum atomic E-state index is 13.8. The van der Waals surface area contributed by atoms with Gasteiger partial charge in [-0.1, -0.05) is 24.3 Å². The molecule has 1 aliphatic rings. The van der Waals surface area contributed by atoms with Gasteiger partial charge in [0.2, 0.25) is 0 Å². The molecule has 1 fully saturated rings. The van der Waals surface area contributed by atoms with Crippen LogP contribution in [0.3, 0.4) is 0 Å². The molecule has 1 heterocycles. The highest BCUT2D eigenvalue weighted by Gasteiger charge is 2.28. The second-order valence-corrected chi connectivity index (χ2v) is 7.09. The molecule has 2 aromatic rings. The molecule has 0 saturated carbocycles. The Bertz CT molecular complexity index is 739. The Morgan fingerprint density at radius 3 is 2.38 bits per heavy atom. The van der Waals surface area contributed by atoms with Crippen molar-refractivity contribution in [3.8, 4) is 0 Å². The molecule has 1 aliphatic heterocycles. The van der Waals surface area contributed by atoms with Crippen LogP contribution in [0.5, 0.6) is 0 Å². The molecule has 1 saturated heterocycles. The van der Waals surface area contributed by atoms with Crippen LogP contribution in [0.25, 0.3) is 0 Å². The standard InChI is InChI=1S/C21H26FN3O/c1-24(2)17-11-9-16(10-12-17)20(25-13-5-6-14-25)15-23-21(26)18-7-3-4-8-19(18)22/h3-4,7-12,20H,5-6,13-15H2,1-2H3,(H,23,26)/p+1/t20-/m1/s1. The summed E-state index contributed by atoms with van der Waals surface area (Å²) in [6.07, 6.45) is 2.42. The number of nitrogens with one attached hydrogen (secondary N) is 2. The molecular formula is C21H27FN3O+. The van der Waals surface area contributed by atoms with Gasteiger partial charge in [0.25, 0.3) is 5.91 Å². The van der Waals surface area contributed by atoms with Crippen LogP contribution in [0.1, 0.15) is 34.8 Å². The van der Waals surface area contributed by atoms with E-state index >= 15 is 0 Å². The number of halogens is 1. The quantitative estimate of drug-likeness (QED) is 0.831. The minimum Gasteiger partial charge on any atom is -0.378 e. The zero-order valence-corrected chi connectivity index (χ0v) is 15.5. The highest BCUT2D eigenvalue weighted by molar-refractivity contribution is 5.94. The summed E-state index contributed by atoms with van der Waals surface area (Å²) in [4.78, 5) is 15.9. The molecule has 0 bridgehead atoms. The smallest absolute Gasteiger partial charge is 0.254 e. The maximum Gasteiger partial charge on any atom is 0.254 e.